The molecule has 1 fully saturated rings. The summed E-state index contributed by atoms with van der Waals surface area (Å²) in [6.07, 6.45) is 2.90. The van der Waals surface area contributed by atoms with Crippen molar-refractivity contribution in [2.45, 2.75) is 53.0 Å². The molecule has 1 N–H and O–H groups in total. The number of methoxy groups -OCH3 is 1. The normalized spacial score (nSPS) is 15.0. The molecule has 1 aliphatic rings. The number of ether oxygens (including phenoxy) is 2. The van der Waals surface area contributed by atoms with Gasteiger partial charge in [0, 0.05) is 18.7 Å². The molecule has 7 heteroatoms. The first-order valence-electron chi connectivity index (χ1n) is 10.3. The van der Waals surface area contributed by atoms with Gasteiger partial charge in [0.2, 0.25) is 5.91 Å². The van der Waals surface area contributed by atoms with Gasteiger partial charge in [0.15, 0.2) is 11.5 Å². The van der Waals surface area contributed by atoms with Crippen LogP contribution in [0.2, 0.25) is 5.02 Å². The third-order valence-electron chi connectivity index (χ3n) is 5.07. The quantitative estimate of drug-likeness (QED) is 0.646. The highest BCUT2D eigenvalue weighted by Gasteiger charge is 2.30. The summed E-state index contributed by atoms with van der Waals surface area (Å²) in [6, 6.07) is 2.58. The summed E-state index contributed by atoms with van der Waals surface area (Å²) < 4.78 is 11.2. The van der Waals surface area contributed by atoms with Gasteiger partial charge in [0.1, 0.15) is 6.04 Å². The molecule has 0 aliphatic carbocycles. The van der Waals surface area contributed by atoms with Crippen molar-refractivity contribution < 1.29 is 19.1 Å². The SMILES string of the molecule is COc1cc(C(=O)N[C@H](C(=O)N2CCCC2)C(C)C)cc(Cl)c1OCCC(C)C. The molecule has 6 nitrogen and oxygen atoms in total. The molecule has 0 radical (unpaired) electrons. The minimum absolute atomic E-state index is 0.0249. The average Bonchev–Trinajstić information content (AvgIpc) is 3.20. The second-order valence-electron chi connectivity index (χ2n) is 8.25. The summed E-state index contributed by atoms with van der Waals surface area (Å²) in [4.78, 5) is 27.5. The molecule has 1 atom stereocenters. The Morgan fingerprint density at radius 3 is 2.38 bits per heavy atom. The number of amides is 2. The monoisotopic (exact) mass is 424 g/mol. The van der Waals surface area contributed by atoms with Gasteiger partial charge in [-0.2, -0.15) is 0 Å². The molecule has 0 unspecified atom stereocenters. The van der Waals surface area contributed by atoms with Crippen LogP contribution in [0.25, 0.3) is 0 Å². The predicted molar refractivity (Wildman–Crippen MR) is 115 cm³/mol. The lowest BCUT2D eigenvalue weighted by molar-refractivity contribution is -0.133. The smallest absolute Gasteiger partial charge is 0.252 e. The molecular weight excluding hydrogens is 392 g/mol. The second-order valence-corrected chi connectivity index (χ2v) is 8.66. The van der Waals surface area contributed by atoms with E-state index in [-0.39, 0.29) is 17.7 Å². The summed E-state index contributed by atoms with van der Waals surface area (Å²) in [5.41, 5.74) is 0.336. The fourth-order valence-corrected chi connectivity index (χ4v) is 3.53. The maximum Gasteiger partial charge on any atom is 0.252 e. The van der Waals surface area contributed by atoms with E-state index < -0.39 is 6.04 Å². The van der Waals surface area contributed by atoms with Crippen LogP contribution >= 0.6 is 11.6 Å². The van der Waals surface area contributed by atoms with Gasteiger partial charge in [-0.1, -0.05) is 39.3 Å². The summed E-state index contributed by atoms with van der Waals surface area (Å²) in [5, 5.41) is 3.19. The number of benzene rings is 1. The molecule has 1 aromatic carbocycles. The highest BCUT2D eigenvalue weighted by atomic mass is 35.5. The number of likely N-dealkylation sites (tertiary alicyclic amines) is 1. The lowest BCUT2D eigenvalue weighted by Crippen LogP contribution is -2.50. The first kappa shape index (κ1) is 23.3. The molecule has 1 heterocycles. The second kappa shape index (κ2) is 10.7. The third-order valence-corrected chi connectivity index (χ3v) is 5.35. The molecule has 1 aliphatic heterocycles. The number of carbonyl (C=O) groups excluding carboxylic acids is 2. The Kier molecular flexibility index (Phi) is 8.62. The fourth-order valence-electron chi connectivity index (χ4n) is 3.26. The molecule has 2 amide bonds. The van der Waals surface area contributed by atoms with Crippen molar-refractivity contribution in [2.75, 3.05) is 26.8 Å². The number of nitrogens with zero attached hydrogens (tertiary/aromatic N) is 1. The highest BCUT2D eigenvalue weighted by molar-refractivity contribution is 6.32. The van der Waals surface area contributed by atoms with E-state index in [1.165, 1.54) is 7.11 Å². The van der Waals surface area contributed by atoms with Crippen LogP contribution < -0.4 is 14.8 Å². The van der Waals surface area contributed by atoms with Gasteiger partial charge < -0.3 is 19.7 Å². The molecule has 162 valence electrons. The van der Waals surface area contributed by atoms with E-state index in [0.29, 0.717) is 34.6 Å². The van der Waals surface area contributed by atoms with Crippen molar-refractivity contribution in [1.29, 1.82) is 0 Å². The Hall–Kier alpha value is -1.95. The molecule has 1 aromatic rings. The number of nitrogens with one attached hydrogen (secondary N) is 1. The van der Waals surface area contributed by atoms with Crippen LogP contribution in [0.1, 0.15) is 57.3 Å². The maximum absolute atomic E-state index is 12.9. The van der Waals surface area contributed by atoms with Crippen LogP contribution in [0, 0.1) is 11.8 Å². The van der Waals surface area contributed by atoms with Crippen LogP contribution in [0.3, 0.4) is 0 Å². The van der Waals surface area contributed by atoms with Gasteiger partial charge in [0.05, 0.1) is 18.7 Å². The van der Waals surface area contributed by atoms with Crippen LogP contribution in [-0.2, 0) is 4.79 Å². The Bertz CT molecular complexity index is 715. The molecule has 0 saturated carbocycles. The fraction of sp³-hybridized carbons (Fsp3) is 0.636. The summed E-state index contributed by atoms with van der Waals surface area (Å²) in [7, 11) is 1.51. The molecule has 0 aromatic heterocycles. The minimum atomic E-state index is -0.577. The van der Waals surface area contributed by atoms with Crippen molar-refractivity contribution in [3.05, 3.63) is 22.7 Å². The Labute approximate surface area is 178 Å². The first-order valence-corrected chi connectivity index (χ1v) is 10.7. The van der Waals surface area contributed by atoms with Crippen molar-refractivity contribution in [1.82, 2.24) is 10.2 Å². The van der Waals surface area contributed by atoms with Crippen molar-refractivity contribution >= 4 is 23.4 Å². The Balaban J connectivity index is 2.16. The number of carbonyl (C=O) groups is 2. The zero-order chi connectivity index (χ0) is 21.6. The Morgan fingerprint density at radius 2 is 1.83 bits per heavy atom. The molecule has 29 heavy (non-hydrogen) atoms. The summed E-state index contributed by atoms with van der Waals surface area (Å²) in [5.74, 6) is 0.926. The van der Waals surface area contributed by atoms with Gasteiger partial charge in [-0.15, -0.1) is 0 Å². The molecule has 2 rings (SSSR count). The van der Waals surface area contributed by atoms with E-state index in [9.17, 15) is 9.59 Å². The minimum Gasteiger partial charge on any atom is -0.493 e. The lowest BCUT2D eigenvalue weighted by Gasteiger charge is -2.26. The van der Waals surface area contributed by atoms with Crippen molar-refractivity contribution in [3.8, 4) is 11.5 Å². The number of hydrogen-bond acceptors (Lipinski definition) is 4. The van der Waals surface area contributed by atoms with Gasteiger partial charge in [-0.25, -0.2) is 0 Å². The summed E-state index contributed by atoms with van der Waals surface area (Å²) >= 11 is 6.38. The van der Waals surface area contributed by atoms with Crippen LogP contribution in [0.5, 0.6) is 11.5 Å². The average molecular weight is 425 g/mol. The van der Waals surface area contributed by atoms with Gasteiger partial charge >= 0.3 is 0 Å². The van der Waals surface area contributed by atoms with E-state index in [1.54, 1.807) is 12.1 Å². The van der Waals surface area contributed by atoms with E-state index >= 15 is 0 Å². The lowest BCUT2D eigenvalue weighted by atomic mass is 10.0. The van der Waals surface area contributed by atoms with Crippen LogP contribution in [0.4, 0.5) is 0 Å². The zero-order valence-corrected chi connectivity index (χ0v) is 18.8. The van der Waals surface area contributed by atoms with E-state index in [4.69, 9.17) is 21.1 Å². The van der Waals surface area contributed by atoms with E-state index in [2.05, 4.69) is 19.2 Å². The number of hydrogen-bond donors (Lipinski definition) is 1. The summed E-state index contributed by atoms with van der Waals surface area (Å²) in [6.45, 7) is 10.1. The van der Waals surface area contributed by atoms with Crippen LogP contribution in [0.15, 0.2) is 12.1 Å². The Morgan fingerprint density at radius 1 is 1.17 bits per heavy atom. The molecule has 0 spiro atoms. The number of halogens is 1. The van der Waals surface area contributed by atoms with E-state index in [0.717, 1.165) is 32.4 Å². The van der Waals surface area contributed by atoms with Crippen LogP contribution in [-0.4, -0.2) is 49.6 Å². The first-order chi connectivity index (χ1) is 13.7. The maximum atomic E-state index is 12.9. The molecule has 1 saturated heterocycles. The predicted octanol–water partition coefficient (Wildman–Crippen LogP) is 4.15. The van der Waals surface area contributed by atoms with Crippen molar-refractivity contribution in [3.63, 3.8) is 0 Å². The topological polar surface area (TPSA) is 67.9 Å². The number of rotatable bonds is 9. The standard InChI is InChI=1S/C22H33ClN2O4/c1-14(2)8-11-29-20-17(23)12-16(13-18(20)28-5)21(26)24-19(15(3)4)22(27)25-9-6-7-10-25/h12-15,19H,6-11H2,1-5H3,(H,24,26)/t19-/m0/s1. The highest BCUT2D eigenvalue weighted by Crippen LogP contribution is 2.36. The molecule has 0 bridgehead atoms. The molecular formula is C22H33ClN2O4. The van der Waals surface area contributed by atoms with Gasteiger partial charge in [-0.05, 0) is 43.2 Å². The zero-order valence-electron chi connectivity index (χ0n) is 18.1. The largest absolute Gasteiger partial charge is 0.493 e. The third kappa shape index (κ3) is 6.26. The van der Waals surface area contributed by atoms with Gasteiger partial charge in [-0.3, -0.25) is 9.59 Å². The van der Waals surface area contributed by atoms with E-state index in [1.807, 2.05) is 18.7 Å². The van der Waals surface area contributed by atoms with Crippen molar-refractivity contribution in [2.24, 2.45) is 11.8 Å². The van der Waals surface area contributed by atoms with Gasteiger partial charge in [0.25, 0.3) is 5.91 Å².